The molecule has 0 unspecified atom stereocenters. The Labute approximate surface area is 117 Å². The van der Waals surface area contributed by atoms with Crippen LogP contribution >= 0.6 is 11.6 Å². The molecule has 0 heterocycles. The fourth-order valence-corrected chi connectivity index (χ4v) is 1.76. The van der Waals surface area contributed by atoms with Gasteiger partial charge in [0, 0.05) is 5.69 Å². The molecule has 1 N–H and O–H groups in total. The molecular formula is C15H14ClNO2. The van der Waals surface area contributed by atoms with E-state index < -0.39 is 0 Å². The number of benzene rings is 2. The highest BCUT2D eigenvalue weighted by molar-refractivity contribution is 6.32. The Morgan fingerprint density at radius 1 is 1.21 bits per heavy atom. The second-order valence-electron chi connectivity index (χ2n) is 4.14. The van der Waals surface area contributed by atoms with Crippen LogP contribution in [0, 0.1) is 6.92 Å². The van der Waals surface area contributed by atoms with Gasteiger partial charge in [0.25, 0.3) is 5.91 Å². The van der Waals surface area contributed by atoms with Gasteiger partial charge < -0.3 is 10.1 Å². The van der Waals surface area contributed by atoms with Crippen LogP contribution in [0.15, 0.2) is 48.5 Å². The lowest BCUT2D eigenvalue weighted by Gasteiger charge is -2.09. The van der Waals surface area contributed by atoms with Crippen molar-refractivity contribution in [3.05, 3.63) is 59.1 Å². The maximum Gasteiger partial charge on any atom is 0.262 e. The summed E-state index contributed by atoms with van der Waals surface area (Å²) in [5.74, 6) is 0.300. The summed E-state index contributed by atoms with van der Waals surface area (Å²) in [6.07, 6.45) is 0. The predicted molar refractivity (Wildman–Crippen MR) is 76.8 cm³/mol. The first-order valence-electron chi connectivity index (χ1n) is 5.89. The van der Waals surface area contributed by atoms with Crippen LogP contribution in [-0.2, 0) is 4.79 Å². The summed E-state index contributed by atoms with van der Waals surface area (Å²) in [6.45, 7) is 1.87. The third-order valence-electron chi connectivity index (χ3n) is 2.50. The highest BCUT2D eigenvalue weighted by atomic mass is 35.5. The van der Waals surface area contributed by atoms with Crippen LogP contribution in [0.5, 0.6) is 5.75 Å². The van der Waals surface area contributed by atoms with Gasteiger partial charge in [-0.15, -0.1) is 0 Å². The van der Waals surface area contributed by atoms with Crippen molar-refractivity contribution in [1.29, 1.82) is 0 Å². The number of para-hydroxylation sites is 1. The third kappa shape index (κ3) is 4.00. The maximum atomic E-state index is 11.7. The van der Waals surface area contributed by atoms with Crippen molar-refractivity contribution in [2.75, 3.05) is 11.9 Å². The Kier molecular flexibility index (Phi) is 4.42. The first-order chi connectivity index (χ1) is 9.15. The molecule has 0 bridgehead atoms. The van der Waals surface area contributed by atoms with Crippen LogP contribution in [0.4, 0.5) is 5.69 Å². The minimum atomic E-state index is -0.219. The number of hydrogen-bond donors (Lipinski definition) is 1. The number of anilines is 1. The molecule has 98 valence electrons. The van der Waals surface area contributed by atoms with Crippen molar-refractivity contribution >= 4 is 23.2 Å². The van der Waals surface area contributed by atoms with Gasteiger partial charge in [-0.05, 0) is 36.8 Å². The van der Waals surface area contributed by atoms with Crippen molar-refractivity contribution in [2.45, 2.75) is 6.92 Å². The van der Waals surface area contributed by atoms with E-state index in [-0.39, 0.29) is 12.5 Å². The topological polar surface area (TPSA) is 38.3 Å². The van der Waals surface area contributed by atoms with Crippen molar-refractivity contribution in [3.63, 3.8) is 0 Å². The van der Waals surface area contributed by atoms with Crippen molar-refractivity contribution < 1.29 is 9.53 Å². The second kappa shape index (κ2) is 6.25. The molecule has 2 aromatic rings. The fraction of sp³-hybridized carbons (Fsp3) is 0.133. The normalized spacial score (nSPS) is 10.0. The number of carbonyl (C=O) groups excluding carboxylic acids is 1. The van der Waals surface area contributed by atoms with Gasteiger partial charge >= 0.3 is 0 Å². The van der Waals surface area contributed by atoms with E-state index in [2.05, 4.69) is 5.32 Å². The van der Waals surface area contributed by atoms with Crippen molar-refractivity contribution in [1.82, 2.24) is 0 Å². The van der Waals surface area contributed by atoms with E-state index in [1.807, 2.05) is 43.3 Å². The van der Waals surface area contributed by atoms with Gasteiger partial charge in [0.2, 0.25) is 0 Å². The zero-order valence-corrected chi connectivity index (χ0v) is 11.3. The third-order valence-corrected chi connectivity index (χ3v) is 2.82. The number of ether oxygens (including phenoxy) is 1. The highest BCUT2D eigenvalue weighted by Gasteiger charge is 2.06. The zero-order chi connectivity index (χ0) is 13.7. The van der Waals surface area contributed by atoms with Crippen LogP contribution in [-0.4, -0.2) is 12.5 Å². The monoisotopic (exact) mass is 275 g/mol. The van der Waals surface area contributed by atoms with E-state index in [0.717, 1.165) is 11.3 Å². The molecule has 0 saturated heterocycles. The van der Waals surface area contributed by atoms with E-state index in [1.54, 1.807) is 12.1 Å². The van der Waals surface area contributed by atoms with E-state index in [1.165, 1.54) is 0 Å². The molecule has 19 heavy (non-hydrogen) atoms. The van der Waals surface area contributed by atoms with Crippen molar-refractivity contribution in [3.8, 4) is 5.75 Å². The molecule has 0 aliphatic heterocycles. The smallest absolute Gasteiger partial charge is 0.262 e. The Hall–Kier alpha value is -2.00. The van der Waals surface area contributed by atoms with E-state index >= 15 is 0 Å². The van der Waals surface area contributed by atoms with Crippen LogP contribution in [0.25, 0.3) is 0 Å². The molecule has 0 fully saturated rings. The number of rotatable bonds is 4. The molecule has 0 radical (unpaired) electrons. The quantitative estimate of drug-likeness (QED) is 0.925. The molecule has 3 nitrogen and oxygen atoms in total. The number of aryl methyl sites for hydroxylation is 1. The first-order valence-corrected chi connectivity index (χ1v) is 6.27. The molecular weight excluding hydrogens is 262 g/mol. The SMILES string of the molecule is Cc1ccc(Cl)c(OCC(=O)Nc2ccccc2)c1. The molecule has 0 saturated carbocycles. The summed E-state index contributed by atoms with van der Waals surface area (Å²) in [7, 11) is 0. The molecule has 0 aromatic heterocycles. The van der Waals surface area contributed by atoms with Gasteiger partial charge in [-0.3, -0.25) is 4.79 Å². The Morgan fingerprint density at radius 2 is 1.95 bits per heavy atom. The van der Waals surface area contributed by atoms with Crippen LogP contribution < -0.4 is 10.1 Å². The number of halogens is 1. The minimum Gasteiger partial charge on any atom is -0.482 e. The fourth-order valence-electron chi connectivity index (χ4n) is 1.58. The Morgan fingerprint density at radius 3 is 2.68 bits per heavy atom. The zero-order valence-electron chi connectivity index (χ0n) is 10.5. The van der Waals surface area contributed by atoms with Crippen LogP contribution in [0.2, 0.25) is 5.02 Å². The Balaban J connectivity index is 1.92. The molecule has 4 heteroatoms. The van der Waals surface area contributed by atoms with Gasteiger partial charge in [0.15, 0.2) is 6.61 Å². The highest BCUT2D eigenvalue weighted by Crippen LogP contribution is 2.25. The van der Waals surface area contributed by atoms with Gasteiger partial charge in [-0.25, -0.2) is 0 Å². The minimum absolute atomic E-state index is 0.0714. The molecule has 0 spiro atoms. The average molecular weight is 276 g/mol. The summed E-state index contributed by atoms with van der Waals surface area (Å²) in [4.78, 5) is 11.7. The summed E-state index contributed by atoms with van der Waals surface area (Å²) in [5.41, 5.74) is 1.77. The predicted octanol–water partition coefficient (Wildman–Crippen LogP) is 3.67. The van der Waals surface area contributed by atoms with E-state index in [4.69, 9.17) is 16.3 Å². The van der Waals surface area contributed by atoms with E-state index in [9.17, 15) is 4.79 Å². The van der Waals surface area contributed by atoms with Gasteiger partial charge in [-0.1, -0.05) is 35.9 Å². The number of nitrogens with one attached hydrogen (secondary N) is 1. The summed E-state index contributed by atoms with van der Waals surface area (Å²) in [6, 6.07) is 14.7. The Bertz CT molecular complexity index is 570. The number of carbonyl (C=O) groups is 1. The molecule has 0 aliphatic rings. The molecule has 0 atom stereocenters. The molecule has 2 aromatic carbocycles. The molecule has 0 aliphatic carbocycles. The second-order valence-corrected chi connectivity index (χ2v) is 4.54. The summed E-state index contributed by atoms with van der Waals surface area (Å²) in [5, 5.41) is 3.24. The first kappa shape index (κ1) is 13.4. The molecule has 1 amide bonds. The lowest BCUT2D eigenvalue weighted by molar-refractivity contribution is -0.118. The largest absolute Gasteiger partial charge is 0.482 e. The lowest BCUT2D eigenvalue weighted by atomic mass is 10.2. The van der Waals surface area contributed by atoms with E-state index in [0.29, 0.717) is 10.8 Å². The van der Waals surface area contributed by atoms with Gasteiger partial charge in [0.1, 0.15) is 5.75 Å². The van der Waals surface area contributed by atoms with Crippen LogP contribution in [0.1, 0.15) is 5.56 Å². The summed E-state index contributed by atoms with van der Waals surface area (Å²) >= 11 is 5.98. The maximum absolute atomic E-state index is 11.7. The van der Waals surface area contributed by atoms with Gasteiger partial charge in [0.05, 0.1) is 5.02 Å². The molecule has 2 rings (SSSR count). The summed E-state index contributed by atoms with van der Waals surface area (Å²) < 4.78 is 5.41. The van der Waals surface area contributed by atoms with Crippen molar-refractivity contribution in [2.24, 2.45) is 0 Å². The number of hydrogen-bond acceptors (Lipinski definition) is 2. The lowest BCUT2D eigenvalue weighted by Crippen LogP contribution is -2.20. The van der Waals surface area contributed by atoms with Crippen LogP contribution in [0.3, 0.4) is 0 Å². The average Bonchev–Trinajstić information content (AvgIpc) is 2.41. The number of amides is 1. The standard InChI is InChI=1S/C15H14ClNO2/c1-11-7-8-13(16)14(9-11)19-10-15(18)17-12-5-3-2-4-6-12/h2-9H,10H2,1H3,(H,17,18). The van der Waals surface area contributed by atoms with Gasteiger partial charge in [-0.2, -0.15) is 0 Å².